The smallest absolute Gasteiger partial charge is 0.361 e. The van der Waals surface area contributed by atoms with Crippen LogP contribution < -0.4 is 4.74 Å². The molecule has 0 unspecified atom stereocenters. The third kappa shape index (κ3) is 3.36. The molecule has 0 saturated heterocycles. The summed E-state index contributed by atoms with van der Waals surface area (Å²) in [5, 5.41) is 21.4. The molecule has 0 saturated carbocycles. The lowest BCUT2D eigenvalue weighted by molar-refractivity contribution is -0.385. The van der Waals surface area contributed by atoms with Gasteiger partial charge in [0.1, 0.15) is 11.4 Å². The van der Waals surface area contributed by atoms with Crippen LogP contribution in [0.3, 0.4) is 0 Å². The number of aromatic amines is 1. The zero-order valence-corrected chi connectivity index (χ0v) is 13.7. The number of carbonyl (C=O) groups excluding carboxylic acids is 1. The van der Waals surface area contributed by atoms with Crippen molar-refractivity contribution < 1.29 is 19.2 Å². The summed E-state index contributed by atoms with van der Waals surface area (Å²) in [5.41, 5.74) is 0.513. The maximum atomic E-state index is 12.0. The van der Waals surface area contributed by atoms with Gasteiger partial charge in [-0.25, -0.2) is 4.79 Å². The molecule has 3 aromatic rings. The largest absolute Gasteiger partial charge is 0.461 e. The molecule has 0 spiro atoms. The van der Waals surface area contributed by atoms with Crippen molar-refractivity contribution in [1.29, 1.82) is 0 Å². The molecule has 26 heavy (non-hydrogen) atoms. The maximum absolute atomic E-state index is 12.0. The number of esters is 1. The Hall–Kier alpha value is -3.75. The molecular formula is C17H14N4O5. The van der Waals surface area contributed by atoms with Crippen LogP contribution >= 0.6 is 0 Å². The van der Waals surface area contributed by atoms with E-state index in [0.29, 0.717) is 11.3 Å². The maximum Gasteiger partial charge on any atom is 0.361 e. The van der Waals surface area contributed by atoms with Crippen LogP contribution in [0.4, 0.5) is 5.69 Å². The lowest BCUT2D eigenvalue weighted by atomic mass is 10.1. The van der Waals surface area contributed by atoms with Crippen LogP contribution in [0.1, 0.15) is 17.4 Å². The van der Waals surface area contributed by atoms with Crippen molar-refractivity contribution in [1.82, 2.24) is 15.4 Å². The molecule has 9 nitrogen and oxygen atoms in total. The third-order valence-electron chi connectivity index (χ3n) is 3.44. The Balaban J connectivity index is 2.03. The van der Waals surface area contributed by atoms with Crippen molar-refractivity contribution in [3.8, 4) is 22.8 Å². The summed E-state index contributed by atoms with van der Waals surface area (Å²) in [7, 11) is 0. The summed E-state index contributed by atoms with van der Waals surface area (Å²) in [5.74, 6) is -0.260. The first-order chi connectivity index (χ1) is 12.6. The van der Waals surface area contributed by atoms with Crippen molar-refractivity contribution >= 4 is 11.7 Å². The van der Waals surface area contributed by atoms with Crippen molar-refractivity contribution in [2.75, 3.05) is 6.61 Å². The van der Waals surface area contributed by atoms with Crippen LogP contribution in [0.25, 0.3) is 11.3 Å². The fraction of sp³-hybridized carbons (Fsp3) is 0.118. The van der Waals surface area contributed by atoms with Gasteiger partial charge in [-0.05, 0) is 25.1 Å². The minimum atomic E-state index is -0.628. The topological polar surface area (TPSA) is 120 Å². The van der Waals surface area contributed by atoms with E-state index in [9.17, 15) is 14.9 Å². The lowest BCUT2D eigenvalue weighted by Gasteiger charge is -2.10. The van der Waals surface area contributed by atoms with Crippen LogP contribution in [-0.4, -0.2) is 32.9 Å². The van der Waals surface area contributed by atoms with E-state index in [0.717, 1.165) is 0 Å². The van der Waals surface area contributed by atoms with Crippen molar-refractivity contribution in [3.63, 3.8) is 0 Å². The number of H-pyrrole nitrogens is 1. The molecule has 1 heterocycles. The first-order valence-electron chi connectivity index (χ1n) is 7.70. The van der Waals surface area contributed by atoms with Gasteiger partial charge < -0.3 is 9.47 Å². The predicted octanol–water partition coefficient (Wildman–Crippen LogP) is 3.35. The summed E-state index contributed by atoms with van der Waals surface area (Å²) in [4.78, 5) is 22.7. The monoisotopic (exact) mass is 354 g/mol. The van der Waals surface area contributed by atoms with Gasteiger partial charge in [-0.2, -0.15) is 10.3 Å². The van der Waals surface area contributed by atoms with Gasteiger partial charge in [0.15, 0.2) is 5.69 Å². The van der Waals surface area contributed by atoms with Gasteiger partial charge in [0.25, 0.3) is 0 Å². The van der Waals surface area contributed by atoms with Crippen LogP contribution in [0.2, 0.25) is 0 Å². The SMILES string of the molecule is CCOC(=O)c1n[nH]nc1-c1ccccc1Oc1ccccc1[N+](=O)[O-]. The number of para-hydroxylation sites is 3. The summed E-state index contributed by atoms with van der Waals surface area (Å²) in [6, 6.07) is 12.7. The summed E-state index contributed by atoms with van der Waals surface area (Å²) < 4.78 is 10.7. The van der Waals surface area contributed by atoms with Crippen LogP contribution in [0.5, 0.6) is 11.5 Å². The fourth-order valence-electron chi connectivity index (χ4n) is 2.32. The van der Waals surface area contributed by atoms with Gasteiger partial charge in [-0.15, -0.1) is 5.10 Å². The number of hydrogen-bond donors (Lipinski definition) is 1. The van der Waals surface area contributed by atoms with Crippen LogP contribution in [0, 0.1) is 10.1 Å². The van der Waals surface area contributed by atoms with E-state index in [2.05, 4.69) is 15.4 Å². The number of nitrogens with one attached hydrogen (secondary N) is 1. The Labute approximate surface area is 147 Å². The Morgan fingerprint density at radius 3 is 2.54 bits per heavy atom. The predicted molar refractivity (Wildman–Crippen MR) is 90.9 cm³/mol. The standard InChI is InChI=1S/C17H14N4O5/c1-2-25-17(22)16-15(18-20-19-16)11-7-3-5-9-13(11)26-14-10-6-4-8-12(14)21(23)24/h3-10H,2H2,1H3,(H,18,19,20). The Kier molecular flexibility index (Phi) is 4.88. The minimum absolute atomic E-state index is 0.00506. The summed E-state index contributed by atoms with van der Waals surface area (Å²) in [6.45, 7) is 1.88. The number of hydrogen-bond acceptors (Lipinski definition) is 7. The number of benzene rings is 2. The molecule has 0 bridgehead atoms. The number of aromatic nitrogens is 3. The van der Waals surface area contributed by atoms with Crippen molar-refractivity contribution in [3.05, 3.63) is 64.3 Å². The highest BCUT2D eigenvalue weighted by Gasteiger charge is 2.23. The first-order valence-corrected chi connectivity index (χ1v) is 7.70. The van der Waals surface area contributed by atoms with E-state index in [-0.39, 0.29) is 29.4 Å². The first kappa shape index (κ1) is 17.1. The molecule has 0 radical (unpaired) electrons. The zero-order chi connectivity index (χ0) is 18.5. The molecule has 1 aromatic heterocycles. The Bertz CT molecular complexity index is 954. The molecule has 0 fully saturated rings. The molecule has 3 rings (SSSR count). The second-order valence-corrected chi connectivity index (χ2v) is 5.06. The average Bonchev–Trinajstić information content (AvgIpc) is 3.12. The van der Waals surface area contributed by atoms with Gasteiger partial charge in [0.05, 0.1) is 11.5 Å². The lowest BCUT2D eigenvalue weighted by Crippen LogP contribution is -2.07. The molecule has 1 N–H and O–H groups in total. The molecule has 0 aliphatic rings. The highest BCUT2D eigenvalue weighted by atomic mass is 16.6. The normalized spacial score (nSPS) is 10.3. The zero-order valence-electron chi connectivity index (χ0n) is 13.7. The van der Waals surface area contributed by atoms with Crippen molar-refractivity contribution in [2.45, 2.75) is 6.92 Å². The van der Waals surface area contributed by atoms with E-state index in [1.165, 1.54) is 12.1 Å². The summed E-state index contributed by atoms with van der Waals surface area (Å²) in [6.07, 6.45) is 0. The van der Waals surface area contributed by atoms with Crippen LogP contribution in [0.15, 0.2) is 48.5 Å². The minimum Gasteiger partial charge on any atom is -0.461 e. The Morgan fingerprint density at radius 2 is 1.81 bits per heavy atom. The van der Waals surface area contributed by atoms with Gasteiger partial charge in [0, 0.05) is 11.6 Å². The van der Waals surface area contributed by atoms with E-state index in [1.54, 1.807) is 43.3 Å². The van der Waals surface area contributed by atoms with Gasteiger partial charge in [-0.3, -0.25) is 10.1 Å². The molecule has 2 aromatic carbocycles. The molecular weight excluding hydrogens is 340 g/mol. The highest BCUT2D eigenvalue weighted by Crippen LogP contribution is 2.36. The number of rotatable bonds is 6. The van der Waals surface area contributed by atoms with Crippen LogP contribution in [-0.2, 0) is 4.74 Å². The van der Waals surface area contributed by atoms with E-state index < -0.39 is 10.9 Å². The second-order valence-electron chi connectivity index (χ2n) is 5.06. The molecule has 0 atom stereocenters. The number of nitro groups is 1. The number of nitrogens with zero attached hydrogens (tertiary/aromatic N) is 3. The average molecular weight is 354 g/mol. The highest BCUT2D eigenvalue weighted by molar-refractivity contribution is 5.94. The van der Waals surface area contributed by atoms with E-state index in [1.807, 2.05) is 0 Å². The van der Waals surface area contributed by atoms with Gasteiger partial charge >= 0.3 is 11.7 Å². The molecule has 132 valence electrons. The molecule has 9 heteroatoms. The van der Waals surface area contributed by atoms with Gasteiger partial charge in [-0.1, -0.05) is 24.3 Å². The number of ether oxygens (including phenoxy) is 2. The molecule has 0 aliphatic carbocycles. The van der Waals surface area contributed by atoms with Crippen molar-refractivity contribution in [2.24, 2.45) is 0 Å². The third-order valence-corrected chi connectivity index (χ3v) is 3.44. The van der Waals surface area contributed by atoms with E-state index >= 15 is 0 Å². The molecule has 0 aliphatic heterocycles. The quantitative estimate of drug-likeness (QED) is 0.409. The second kappa shape index (κ2) is 7.43. The summed E-state index contributed by atoms with van der Waals surface area (Å²) >= 11 is 0. The number of carbonyl (C=O) groups is 1. The molecule has 0 amide bonds. The van der Waals surface area contributed by atoms with E-state index in [4.69, 9.17) is 9.47 Å². The number of nitro benzene ring substituents is 1. The van der Waals surface area contributed by atoms with Gasteiger partial charge in [0.2, 0.25) is 5.75 Å². The Morgan fingerprint density at radius 1 is 1.12 bits per heavy atom. The fourth-order valence-corrected chi connectivity index (χ4v) is 2.32.